The number of carbonyl (C=O) groups is 1. The monoisotopic (exact) mass is 345 g/mol. The Kier molecular flexibility index (Phi) is 8.18. The number of rotatable bonds is 5. The molecule has 2 N–H and O–H groups in total. The number of piperidine rings is 1. The maximum absolute atomic E-state index is 12.1. The van der Waals surface area contributed by atoms with Gasteiger partial charge in [-0.15, -0.1) is 12.4 Å². The normalized spacial score (nSPS) is 18.6. The molecule has 1 aromatic carbocycles. The van der Waals surface area contributed by atoms with Crippen LogP contribution in [0.2, 0.25) is 5.02 Å². The van der Waals surface area contributed by atoms with E-state index in [-0.39, 0.29) is 18.3 Å². The van der Waals surface area contributed by atoms with Gasteiger partial charge in [0.05, 0.1) is 6.54 Å². The molecular formula is C16H25Cl2N3O. The third kappa shape index (κ3) is 5.76. The zero-order chi connectivity index (χ0) is 15.2. The number of hydrogen-bond donors (Lipinski definition) is 2. The van der Waals surface area contributed by atoms with Crippen molar-refractivity contribution in [3.63, 3.8) is 0 Å². The summed E-state index contributed by atoms with van der Waals surface area (Å²) in [5.74, 6) is 0.672. The molecule has 1 aliphatic rings. The number of benzene rings is 1. The van der Waals surface area contributed by atoms with Crippen LogP contribution < -0.4 is 10.6 Å². The number of aryl methyl sites for hydroxylation is 1. The summed E-state index contributed by atoms with van der Waals surface area (Å²) in [5, 5.41) is 6.82. The Morgan fingerprint density at radius 2 is 2.23 bits per heavy atom. The van der Waals surface area contributed by atoms with Crippen molar-refractivity contribution in [3.05, 3.63) is 28.8 Å². The molecule has 1 atom stereocenters. The van der Waals surface area contributed by atoms with Crippen LogP contribution in [0.5, 0.6) is 0 Å². The van der Waals surface area contributed by atoms with E-state index in [0.717, 1.165) is 37.3 Å². The van der Waals surface area contributed by atoms with Crippen LogP contribution in [-0.2, 0) is 4.79 Å². The lowest BCUT2D eigenvalue weighted by molar-refractivity contribution is -0.117. The SMILES string of the molecule is CNCC1CCCN(CC(=O)Nc2ccc(C)c(Cl)c2)C1.Cl. The topological polar surface area (TPSA) is 44.4 Å². The van der Waals surface area contributed by atoms with Gasteiger partial charge in [-0.25, -0.2) is 0 Å². The van der Waals surface area contributed by atoms with E-state index < -0.39 is 0 Å². The van der Waals surface area contributed by atoms with E-state index in [1.165, 1.54) is 6.42 Å². The number of likely N-dealkylation sites (tertiary alicyclic amines) is 1. The molecule has 124 valence electrons. The number of amides is 1. The second kappa shape index (κ2) is 9.36. The lowest BCUT2D eigenvalue weighted by atomic mass is 9.98. The van der Waals surface area contributed by atoms with Crippen molar-refractivity contribution in [1.82, 2.24) is 10.2 Å². The number of hydrogen-bond acceptors (Lipinski definition) is 3. The maximum Gasteiger partial charge on any atom is 0.238 e. The molecule has 0 aromatic heterocycles. The van der Waals surface area contributed by atoms with Crippen molar-refractivity contribution in [2.24, 2.45) is 5.92 Å². The molecule has 1 saturated heterocycles. The van der Waals surface area contributed by atoms with Crippen LogP contribution in [0.25, 0.3) is 0 Å². The minimum Gasteiger partial charge on any atom is -0.325 e. The zero-order valence-electron chi connectivity index (χ0n) is 13.2. The van der Waals surface area contributed by atoms with E-state index in [1.54, 1.807) is 6.07 Å². The summed E-state index contributed by atoms with van der Waals surface area (Å²) in [7, 11) is 1.98. The Labute approximate surface area is 144 Å². The molecule has 1 heterocycles. The van der Waals surface area contributed by atoms with E-state index in [4.69, 9.17) is 11.6 Å². The summed E-state index contributed by atoms with van der Waals surface area (Å²) in [5.41, 5.74) is 1.78. The summed E-state index contributed by atoms with van der Waals surface area (Å²) in [6.45, 7) is 5.41. The smallest absolute Gasteiger partial charge is 0.238 e. The average molecular weight is 346 g/mol. The lowest BCUT2D eigenvalue weighted by Gasteiger charge is -2.32. The summed E-state index contributed by atoms with van der Waals surface area (Å²) >= 11 is 6.07. The van der Waals surface area contributed by atoms with Crippen molar-refractivity contribution < 1.29 is 4.79 Å². The van der Waals surface area contributed by atoms with Crippen molar-refractivity contribution >= 4 is 35.6 Å². The minimum atomic E-state index is 0. The molecule has 6 heteroatoms. The highest BCUT2D eigenvalue weighted by Gasteiger charge is 2.21. The molecule has 4 nitrogen and oxygen atoms in total. The number of nitrogens with one attached hydrogen (secondary N) is 2. The van der Waals surface area contributed by atoms with Gasteiger partial charge in [0.1, 0.15) is 0 Å². The summed E-state index contributed by atoms with van der Waals surface area (Å²) in [4.78, 5) is 14.4. The Bertz CT molecular complexity index is 494. The molecular weight excluding hydrogens is 321 g/mol. The number of carbonyl (C=O) groups excluding carboxylic acids is 1. The van der Waals surface area contributed by atoms with Gasteiger partial charge in [-0.2, -0.15) is 0 Å². The van der Waals surface area contributed by atoms with E-state index in [0.29, 0.717) is 17.5 Å². The molecule has 1 fully saturated rings. The number of halogens is 2. The minimum absolute atomic E-state index is 0. The molecule has 0 saturated carbocycles. The third-order valence-electron chi connectivity index (χ3n) is 3.92. The lowest BCUT2D eigenvalue weighted by Crippen LogP contribution is -2.42. The van der Waals surface area contributed by atoms with Gasteiger partial charge in [-0.1, -0.05) is 17.7 Å². The highest BCUT2D eigenvalue weighted by molar-refractivity contribution is 6.31. The number of anilines is 1. The highest BCUT2D eigenvalue weighted by atomic mass is 35.5. The Morgan fingerprint density at radius 3 is 2.91 bits per heavy atom. The molecule has 1 aliphatic heterocycles. The first-order valence-electron chi connectivity index (χ1n) is 7.51. The van der Waals surface area contributed by atoms with Crippen LogP contribution in [0, 0.1) is 12.8 Å². The van der Waals surface area contributed by atoms with Crippen molar-refractivity contribution in [1.29, 1.82) is 0 Å². The highest BCUT2D eigenvalue weighted by Crippen LogP contribution is 2.20. The Balaban J connectivity index is 0.00000242. The van der Waals surface area contributed by atoms with Crippen molar-refractivity contribution in [3.8, 4) is 0 Å². The van der Waals surface area contributed by atoms with Crippen LogP contribution in [-0.4, -0.2) is 44.0 Å². The second-order valence-electron chi connectivity index (χ2n) is 5.81. The van der Waals surface area contributed by atoms with Crippen LogP contribution in [0.4, 0.5) is 5.69 Å². The predicted octanol–water partition coefficient (Wildman–Crippen LogP) is 2.94. The molecule has 1 aromatic rings. The number of nitrogens with zero attached hydrogens (tertiary/aromatic N) is 1. The Hall–Kier alpha value is -0.810. The first kappa shape index (κ1) is 19.2. The molecule has 1 unspecified atom stereocenters. The Morgan fingerprint density at radius 1 is 1.45 bits per heavy atom. The molecule has 0 radical (unpaired) electrons. The van der Waals surface area contributed by atoms with E-state index in [2.05, 4.69) is 15.5 Å². The standard InChI is InChI=1S/C16H24ClN3O.ClH/c1-12-5-6-14(8-15(12)17)19-16(21)11-20-7-3-4-13(10-20)9-18-2;/h5-6,8,13,18H,3-4,7,9-11H2,1-2H3,(H,19,21);1H. The van der Waals surface area contributed by atoms with Gasteiger partial charge in [0, 0.05) is 17.3 Å². The van der Waals surface area contributed by atoms with Crippen molar-refractivity contribution in [2.75, 3.05) is 38.5 Å². The molecule has 0 bridgehead atoms. The summed E-state index contributed by atoms with van der Waals surface area (Å²) in [6.07, 6.45) is 2.41. The largest absolute Gasteiger partial charge is 0.325 e. The third-order valence-corrected chi connectivity index (χ3v) is 4.33. The van der Waals surface area contributed by atoms with Crippen LogP contribution >= 0.6 is 24.0 Å². The van der Waals surface area contributed by atoms with E-state index >= 15 is 0 Å². The first-order chi connectivity index (χ1) is 10.1. The van der Waals surface area contributed by atoms with Gasteiger partial charge in [0.25, 0.3) is 0 Å². The van der Waals surface area contributed by atoms with E-state index in [1.807, 2.05) is 26.1 Å². The molecule has 0 aliphatic carbocycles. The van der Waals surface area contributed by atoms with Gasteiger partial charge in [0.15, 0.2) is 0 Å². The van der Waals surface area contributed by atoms with Gasteiger partial charge in [-0.05, 0) is 63.5 Å². The fourth-order valence-corrected chi connectivity index (χ4v) is 3.00. The maximum atomic E-state index is 12.1. The predicted molar refractivity (Wildman–Crippen MR) is 95.2 cm³/mol. The molecule has 1 amide bonds. The van der Waals surface area contributed by atoms with Gasteiger partial charge >= 0.3 is 0 Å². The van der Waals surface area contributed by atoms with Gasteiger partial charge < -0.3 is 10.6 Å². The van der Waals surface area contributed by atoms with Gasteiger partial charge in [0.2, 0.25) is 5.91 Å². The molecule has 0 spiro atoms. The van der Waals surface area contributed by atoms with Crippen molar-refractivity contribution in [2.45, 2.75) is 19.8 Å². The van der Waals surface area contributed by atoms with E-state index in [9.17, 15) is 4.79 Å². The molecule has 22 heavy (non-hydrogen) atoms. The first-order valence-corrected chi connectivity index (χ1v) is 7.89. The quantitative estimate of drug-likeness (QED) is 0.862. The average Bonchev–Trinajstić information content (AvgIpc) is 2.43. The van der Waals surface area contributed by atoms with Crippen LogP contribution in [0.3, 0.4) is 0 Å². The summed E-state index contributed by atoms with van der Waals surface area (Å²) < 4.78 is 0. The second-order valence-corrected chi connectivity index (χ2v) is 6.22. The van der Waals surface area contributed by atoms with Crippen LogP contribution in [0.15, 0.2) is 18.2 Å². The fraction of sp³-hybridized carbons (Fsp3) is 0.562. The fourth-order valence-electron chi connectivity index (χ4n) is 2.82. The van der Waals surface area contributed by atoms with Gasteiger partial charge in [-0.3, -0.25) is 9.69 Å². The summed E-state index contributed by atoms with van der Waals surface area (Å²) in [6, 6.07) is 5.61. The zero-order valence-corrected chi connectivity index (χ0v) is 14.8. The van der Waals surface area contributed by atoms with Crippen LogP contribution in [0.1, 0.15) is 18.4 Å². The molecule has 2 rings (SSSR count).